The van der Waals surface area contributed by atoms with Crippen LogP contribution in [0.1, 0.15) is 17.7 Å². The van der Waals surface area contributed by atoms with Gasteiger partial charge in [0.2, 0.25) is 11.8 Å². The van der Waals surface area contributed by atoms with E-state index < -0.39 is 15.9 Å². The minimum Gasteiger partial charge on any atom is -0.495 e. The number of benzene rings is 2. The molecule has 2 aromatic carbocycles. The summed E-state index contributed by atoms with van der Waals surface area (Å²) in [5.74, 6) is 0.00367. The van der Waals surface area contributed by atoms with Crippen molar-refractivity contribution < 1.29 is 27.2 Å². The molecule has 1 aliphatic heterocycles. The number of hydrogen-bond acceptors (Lipinski definition) is 6. The van der Waals surface area contributed by atoms with Crippen LogP contribution in [-0.4, -0.2) is 38.8 Å². The predicted octanol–water partition coefficient (Wildman–Crippen LogP) is 3.38. The molecule has 1 aromatic heterocycles. The predicted molar refractivity (Wildman–Crippen MR) is 126 cm³/mol. The minimum absolute atomic E-state index is 0.0261. The van der Waals surface area contributed by atoms with Gasteiger partial charge in [0.25, 0.3) is 10.0 Å². The number of carbonyl (C=O) groups excluding carboxylic acids is 2. The summed E-state index contributed by atoms with van der Waals surface area (Å²) in [4.78, 5) is 26.8. The number of amides is 2. The number of carbonyl (C=O) groups is 2. The molecule has 1 atom stereocenters. The van der Waals surface area contributed by atoms with E-state index in [1.54, 1.807) is 60.4 Å². The highest BCUT2D eigenvalue weighted by Gasteiger charge is 2.34. The van der Waals surface area contributed by atoms with Gasteiger partial charge in [0.05, 0.1) is 36.4 Å². The zero-order chi connectivity index (χ0) is 24.3. The highest BCUT2D eigenvalue weighted by molar-refractivity contribution is 7.92. The minimum atomic E-state index is -3.95. The molecule has 0 radical (unpaired) electrons. The second-order valence-corrected chi connectivity index (χ2v) is 9.68. The van der Waals surface area contributed by atoms with Crippen molar-refractivity contribution in [1.82, 2.24) is 4.90 Å². The third kappa shape index (κ3) is 5.07. The van der Waals surface area contributed by atoms with Crippen molar-refractivity contribution in [3.05, 3.63) is 72.2 Å². The molecule has 0 aliphatic carbocycles. The maximum atomic E-state index is 13.1. The molecule has 9 nitrogen and oxygen atoms in total. The molecule has 0 saturated carbocycles. The second-order valence-electron chi connectivity index (χ2n) is 8.03. The first-order valence-electron chi connectivity index (χ1n) is 10.6. The van der Waals surface area contributed by atoms with Crippen LogP contribution in [0.25, 0.3) is 0 Å². The summed E-state index contributed by atoms with van der Waals surface area (Å²) in [5, 5.41) is 2.75. The van der Waals surface area contributed by atoms with Crippen molar-refractivity contribution in [3.8, 4) is 5.75 Å². The molecule has 2 amide bonds. The lowest BCUT2D eigenvalue weighted by Gasteiger charge is -2.16. The molecule has 10 heteroatoms. The summed E-state index contributed by atoms with van der Waals surface area (Å²) in [7, 11) is -2.50. The molecule has 0 spiro atoms. The van der Waals surface area contributed by atoms with Crippen LogP contribution in [0.2, 0.25) is 0 Å². The Hall–Kier alpha value is -3.79. The smallest absolute Gasteiger partial charge is 0.262 e. The fourth-order valence-corrected chi connectivity index (χ4v) is 5.17. The lowest BCUT2D eigenvalue weighted by Crippen LogP contribution is -2.28. The lowest BCUT2D eigenvalue weighted by atomic mass is 10.1. The van der Waals surface area contributed by atoms with Gasteiger partial charge in [-0.25, -0.2) is 8.42 Å². The average Bonchev–Trinajstić information content (AvgIpc) is 3.45. The summed E-state index contributed by atoms with van der Waals surface area (Å²) in [6.07, 6.45) is 1.62. The van der Waals surface area contributed by atoms with Crippen LogP contribution >= 0.6 is 0 Å². The molecule has 2 heterocycles. The Morgan fingerprint density at radius 2 is 1.97 bits per heavy atom. The molecule has 34 heavy (non-hydrogen) atoms. The summed E-state index contributed by atoms with van der Waals surface area (Å²) in [5.41, 5.74) is 1.15. The van der Waals surface area contributed by atoms with Crippen LogP contribution in [-0.2, 0) is 26.2 Å². The Kier molecular flexibility index (Phi) is 6.60. The van der Waals surface area contributed by atoms with E-state index in [4.69, 9.17) is 9.15 Å². The maximum absolute atomic E-state index is 13.1. The topological polar surface area (TPSA) is 118 Å². The maximum Gasteiger partial charge on any atom is 0.262 e. The monoisotopic (exact) mass is 483 g/mol. The number of nitrogens with zero attached hydrogens (tertiary/aromatic N) is 1. The van der Waals surface area contributed by atoms with Crippen molar-refractivity contribution in [2.45, 2.75) is 24.8 Å². The Morgan fingerprint density at radius 1 is 1.18 bits per heavy atom. The van der Waals surface area contributed by atoms with Gasteiger partial charge in [-0.15, -0.1) is 0 Å². The summed E-state index contributed by atoms with van der Waals surface area (Å²) >= 11 is 0. The number of hydrogen-bond donors (Lipinski definition) is 2. The van der Waals surface area contributed by atoms with Gasteiger partial charge in [0.15, 0.2) is 0 Å². The SMILES string of the molecule is COc1ccccc1NS(=O)(=O)c1cc(NC(=O)C2CC(=O)N(Cc3ccco3)C2)ccc1C. The van der Waals surface area contributed by atoms with Crippen LogP contribution in [0.15, 0.2) is 70.2 Å². The molecule has 1 saturated heterocycles. The molecule has 1 aliphatic rings. The van der Waals surface area contributed by atoms with Gasteiger partial charge in [-0.1, -0.05) is 18.2 Å². The molecule has 2 N–H and O–H groups in total. The van der Waals surface area contributed by atoms with Crippen LogP contribution < -0.4 is 14.8 Å². The van der Waals surface area contributed by atoms with Crippen LogP contribution in [0.5, 0.6) is 5.75 Å². The number of furan rings is 1. The van der Waals surface area contributed by atoms with Gasteiger partial charge >= 0.3 is 0 Å². The average molecular weight is 484 g/mol. The summed E-state index contributed by atoms with van der Waals surface area (Å²) < 4.78 is 39.2. The van der Waals surface area contributed by atoms with E-state index in [1.165, 1.54) is 19.4 Å². The second kappa shape index (κ2) is 9.60. The fraction of sp³-hybridized carbons (Fsp3) is 0.250. The van der Waals surface area contributed by atoms with Gasteiger partial charge < -0.3 is 19.4 Å². The zero-order valence-electron chi connectivity index (χ0n) is 18.8. The third-order valence-electron chi connectivity index (χ3n) is 5.61. The number of para-hydroxylation sites is 2. The van der Waals surface area contributed by atoms with Crippen molar-refractivity contribution in [2.75, 3.05) is 23.7 Å². The fourth-order valence-electron chi connectivity index (χ4n) is 3.83. The summed E-state index contributed by atoms with van der Waals surface area (Å²) in [6, 6.07) is 14.9. The quantitative estimate of drug-likeness (QED) is 0.507. The number of likely N-dealkylation sites (tertiary alicyclic amines) is 1. The van der Waals surface area contributed by atoms with Gasteiger partial charge in [0, 0.05) is 18.7 Å². The summed E-state index contributed by atoms with van der Waals surface area (Å²) in [6.45, 7) is 2.24. The number of sulfonamides is 1. The Balaban J connectivity index is 1.47. The third-order valence-corrected chi connectivity index (χ3v) is 7.12. The first-order valence-corrected chi connectivity index (χ1v) is 12.1. The van der Waals surface area contributed by atoms with Crippen molar-refractivity contribution in [1.29, 1.82) is 0 Å². The van der Waals surface area contributed by atoms with Gasteiger partial charge in [-0.2, -0.15) is 0 Å². The molecule has 1 fully saturated rings. The van der Waals surface area contributed by atoms with E-state index >= 15 is 0 Å². The molecule has 3 aromatic rings. The first-order chi connectivity index (χ1) is 16.3. The van der Waals surface area contributed by atoms with Gasteiger partial charge in [0.1, 0.15) is 11.5 Å². The van der Waals surface area contributed by atoms with Crippen LogP contribution in [0.3, 0.4) is 0 Å². The van der Waals surface area contributed by atoms with E-state index in [0.717, 1.165) is 0 Å². The number of methoxy groups -OCH3 is 1. The number of ether oxygens (including phenoxy) is 1. The Bertz CT molecular complexity index is 1300. The highest BCUT2D eigenvalue weighted by atomic mass is 32.2. The normalized spacial score (nSPS) is 15.9. The zero-order valence-corrected chi connectivity index (χ0v) is 19.6. The lowest BCUT2D eigenvalue weighted by molar-refractivity contribution is -0.128. The van der Waals surface area contributed by atoms with E-state index in [9.17, 15) is 18.0 Å². The van der Waals surface area contributed by atoms with Crippen LogP contribution in [0.4, 0.5) is 11.4 Å². The number of nitrogens with one attached hydrogen (secondary N) is 2. The van der Waals surface area contributed by atoms with Gasteiger partial charge in [-0.05, 0) is 48.9 Å². The highest BCUT2D eigenvalue weighted by Crippen LogP contribution is 2.29. The molecular weight excluding hydrogens is 458 g/mol. The van der Waals surface area contributed by atoms with Gasteiger partial charge in [-0.3, -0.25) is 14.3 Å². The number of rotatable bonds is 8. The largest absolute Gasteiger partial charge is 0.495 e. The first kappa shape index (κ1) is 23.4. The number of anilines is 2. The van der Waals surface area contributed by atoms with Crippen molar-refractivity contribution in [2.24, 2.45) is 5.92 Å². The Labute approximate surface area is 197 Å². The van der Waals surface area contributed by atoms with E-state index in [1.807, 2.05) is 0 Å². The van der Waals surface area contributed by atoms with Crippen molar-refractivity contribution >= 4 is 33.2 Å². The van der Waals surface area contributed by atoms with E-state index in [0.29, 0.717) is 35.0 Å². The molecule has 4 rings (SSSR count). The van der Waals surface area contributed by atoms with E-state index in [-0.39, 0.29) is 29.7 Å². The standard InChI is InChI=1S/C24H25N3O6S/c1-16-9-10-18(13-22(16)34(30,31)26-20-7-3-4-8-21(20)32-2)25-24(29)17-12-23(28)27(14-17)15-19-6-5-11-33-19/h3-11,13,17,26H,12,14-15H2,1-2H3,(H,25,29). The Morgan fingerprint density at radius 3 is 2.71 bits per heavy atom. The number of aryl methyl sites for hydroxylation is 1. The van der Waals surface area contributed by atoms with Crippen LogP contribution in [0, 0.1) is 12.8 Å². The molecule has 0 bridgehead atoms. The molecular formula is C24H25N3O6S. The molecule has 178 valence electrons. The van der Waals surface area contributed by atoms with E-state index in [2.05, 4.69) is 10.0 Å². The van der Waals surface area contributed by atoms with Crippen molar-refractivity contribution in [3.63, 3.8) is 0 Å². The molecule has 1 unspecified atom stereocenters.